The van der Waals surface area contributed by atoms with Crippen LogP contribution in [0, 0.1) is 5.21 Å². The third-order valence-electron chi connectivity index (χ3n) is 1.81. The Balaban J connectivity index is 2.92. The lowest BCUT2D eigenvalue weighted by atomic mass is 10.2. The van der Waals surface area contributed by atoms with E-state index in [1.165, 1.54) is 6.20 Å². The Hall–Kier alpha value is -0.800. The highest BCUT2D eigenvalue weighted by atomic mass is 79.9. The molecule has 66 valence electrons. The average molecular weight is 259 g/mol. The summed E-state index contributed by atoms with van der Waals surface area (Å²) in [5.74, 6) is 0. The van der Waals surface area contributed by atoms with E-state index in [1.54, 1.807) is 12.1 Å². The molecule has 0 radical (unpaired) electrons. The number of pyridine rings is 1. The summed E-state index contributed by atoms with van der Waals surface area (Å²) in [7, 11) is 0. The number of hydrogen-bond acceptors (Lipinski definition) is 1. The molecule has 0 N–H and O–H groups in total. The van der Waals surface area contributed by atoms with Crippen LogP contribution in [-0.4, -0.2) is 0 Å². The first-order chi connectivity index (χ1) is 6.18. The molecule has 0 aliphatic carbocycles. The summed E-state index contributed by atoms with van der Waals surface area (Å²) >= 11 is 9.25. The highest BCUT2D eigenvalue weighted by molar-refractivity contribution is 9.10. The molecule has 1 aromatic heterocycles. The van der Waals surface area contributed by atoms with E-state index in [1.807, 2.05) is 12.1 Å². The molecule has 1 heterocycles. The average Bonchev–Trinajstić information content (AvgIpc) is 2.12. The van der Waals surface area contributed by atoms with Gasteiger partial charge in [-0.1, -0.05) is 27.5 Å². The Kier molecular flexibility index (Phi) is 2.14. The zero-order valence-electron chi connectivity index (χ0n) is 6.50. The molecule has 0 aliphatic heterocycles. The molecule has 2 rings (SSSR count). The van der Waals surface area contributed by atoms with Crippen molar-refractivity contribution in [3.8, 4) is 0 Å². The van der Waals surface area contributed by atoms with E-state index in [0.717, 1.165) is 14.6 Å². The van der Waals surface area contributed by atoms with Gasteiger partial charge in [0.15, 0.2) is 6.20 Å². The highest BCUT2D eigenvalue weighted by Crippen LogP contribution is 2.23. The maximum atomic E-state index is 11.3. The first kappa shape index (κ1) is 8.78. The van der Waals surface area contributed by atoms with Crippen LogP contribution in [0.3, 0.4) is 0 Å². The van der Waals surface area contributed by atoms with Crippen molar-refractivity contribution in [3.05, 3.63) is 45.2 Å². The van der Waals surface area contributed by atoms with Crippen LogP contribution in [0.1, 0.15) is 0 Å². The number of benzene rings is 1. The normalized spacial score (nSPS) is 10.6. The minimum Gasteiger partial charge on any atom is -0.618 e. The standard InChI is InChI=1S/C9H5BrClNO/c10-6-1-2-9-7(5-6)8(11)3-4-12(9)13/h1-5H. The van der Waals surface area contributed by atoms with Gasteiger partial charge in [-0.25, -0.2) is 0 Å². The first-order valence-corrected chi connectivity index (χ1v) is 4.82. The fourth-order valence-corrected chi connectivity index (χ4v) is 1.76. The van der Waals surface area contributed by atoms with Crippen LogP contribution >= 0.6 is 27.5 Å². The minimum absolute atomic E-state index is 0.579. The fourth-order valence-electron chi connectivity index (χ4n) is 1.19. The molecule has 0 atom stereocenters. The van der Waals surface area contributed by atoms with Crippen LogP contribution in [0.5, 0.6) is 0 Å². The smallest absolute Gasteiger partial charge is 0.225 e. The van der Waals surface area contributed by atoms with Crippen molar-refractivity contribution in [3.63, 3.8) is 0 Å². The molecule has 13 heavy (non-hydrogen) atoms. The molecule has 1 aromatic carbocycles. The Bertz CT molecular complexity index is 472. The molecule has 4 heteroatoms. The molecule has 0 spiro atoms. The van der Waals surface area contributed by atoms with Crippen LogP contribution in [0.2, 0.25) is 5.02 Å². The number of rotatable bonds is 0. The molecular formula is C9H5BrClNO. The summed E-state index contributed by atoms with van der Waals surface area (Å²) in [4.78, 5) is 0. The Morgan fingerprint density at radius 1 is 1.31 bits per heavy atom. The van der Waals surface area contributed by atoms with Gasteiger partial charge in [-0.05, 0) is 12.1 Å². The largest absolute Gasteiger partial charge is 0.618 e. The molecule has 0 fully saturated rings. The van der Waals surface area contributed by atoms with Crippen molar-refractivity contribution in [2.75, 3.05) is 0 Å². The van der Waals surface area contributed by atoms with E-state index in [0.29, 0.717) is 10.5 Å². The van der Waals surface area contributed by atoms with E-state index in [2.05, 4.69) is 15.9 Å². The minimum atomic E-state index is 0.579. The Morgan fingerprint density at radius 3 is 2.85 bits per heavy atom. The van der Waals surface area contributed by atoms with E-state index in [9.17, 15) is 5.21 Å². The Morgan fingerprint density at radius 2 is 2.08 bits per heavy atom. The van der Waals surface area contributed by atoms with Crippen LogP contribution < -0.4 is 4.73 Å². The van der Waals surface area contributed by atoms with E-state index < -0.39 is 0 Å². The second kappa shape index (κ2) is 3.16. The third-order valence-corrected chi connectivity index (χ3v) is 2.63. The zero-order chi connectivity index (χ0) is 9.42. The number of fused-ring (bicyclic) bond motifs is 1. The second-order valence-electron chi connectivity index (χ2n) is 2.65. The SMILES string of the molecule is [O-][n+]1ccc(Cl)c2cc(Br)ccc21. The lowest BCUT2D eigenvalue weighted by Crippen LogP contribution is -2.25. The van der Waals surface area contributed by atoms with Crippen LogP contribution in [0.15, 0.2) is 34.9 Å². The van der Waals surface area contributed by atoms with Crippen LogP contribution in [-0.2, 0) is 0 Å². The van der Waals surface area contributed by atoms with Gasteiger partial charge in [0.2, 0.25) is 5.52 Å². The van der Waals surface area contributed by atoms with Gasteiger partial charge in [-0.15, -0.1) is 0 Å². The van der Waals surface area contributed by atoms with Gasteiger partial charge in [0, 0.05) is 16.6 Å². The molecular weight excluding hydrogens is 253 g/mol. The Labute approximate surface area is 88.5 Å². The van der Waals surface area contributed by atoms with Gasteiger partial charge in [-0.2, -0.15) is 4.73 Å². The topological polar surface area (TPSA) is 26.9 Å². The molecule has 0 aliphatic rings. The molecule has 0 saturated heterocycles. The van der Waals surface area contributed by atoms with Gasteiger partial charge in [-0.3, -0.25) is 0 Å². The summed E-state index contributed by atoms with van der Waals surface area (Å²) in [6.45, 7) is 0. The number of aromatic nitrogens is 1. The van der Waals surface area contributed by atoms with E-state index >= 15 is 0 Å². The van der Waals surface area contributed by atoms with Crippen molar-refractivity contribution >= 4 is 38.4 Å². The van der Waals surface area contributed by atoms with Gasteiger partial charge < -0.3 is 5.21 Å². The van der Waals surface area contributed by atoms with Crippen molar-refractivity contribution in [2.45, 2.75) is 0 Å². The fraction of sp³-hybridized carbons (Fsp3) is 0. The first-order valence-electron chi connectivity index (χ1n) is 3.65. The molecule has 0 unspecified atom stereocenters. The highest BCUT2D eigenvalue weighted by Gasteiger charge is 2.06. The molecule has 0 bridgehead atoms. The van der Waals surface area contributed by atoms with Crippen molar-refractivity contribution in [1.29, 1.82) is 0 Å². The van der Waals surface area contributed by atoms with Crippen molar-refractivity contribution in [1.82, 2.24) is 0 Å². The van der Waals surface area contributed by atoms with E-state index in [4.69, 9.17) is 11.6 Å². The van der Waals surface area contributed by atoms with Gasteiger partial charge in [0.1, 0.15) is 0 Å². The van der Waals surface area contributed by atoms with Crippen molar-refractivity contribution < 1.29 is 4.73 Å². The maximum Gasteiger partial charge on any atom is 0.225 e. The summed E-state index contributed by atoms with van der Waals surface area (Å²) in [5, 5.41) is 12.6. The number of halogens is 2. The van der Waals surface area contributed by atoms with E-state index in [-0.39, 0.29) is 0 Å². The summed E-state index contributed by atoms with van der Waals surface area (Å²) in [5.41, 5.74) is 0.579. The lowest BCUT2D eigenvalue weighted by molar-refractivity contribution is -0.577. The maximum absolute atomic E-state index is 11.3. The van der Waals surface area contributed by atoms with Crippen LogP contribution in [0.4, 0.5) is 0 Å². The quantitative estimate of drug-likeness (QED) is 0.527. The predicted octanol–water partition coefficient (Wildman–Crippen LogP) is 2.89. The summed E-state index contributed by atoms with van der Waals surface area (Å²) in [6, 6.07) is 6.96. The summed E-state index contributed by atoms with van der Waals surface area (Å²) in [6.07, 6.45) is 1.40. The van der Waals surface area contributed by atoms with Gasteiger partial charge in [0.25, 0.3) is 0 Å². The molecule has 0 amide bonds. The third kappa shape index (κ3) is 1.49. The predicted molar refractivity (Wildman–Crippen MR) is 55.6 cm³/mol. The second-order valence-corrected chi connectivity index (χ2v) is 3.97. The van der Waals surface area contributed by atoms with Crippen molar-refractivity contribution in [2.24, 2.45) is 0 Å². The molecule has 0 saturated carbocycles. The molecule has 2 nitrogen and oxygen atoms in total. The number of hydrogen-bond donors (Lipinski definition) is 0. The lowest BCUT2D eigenvalue weighted by Gasteiger charge is -2.02. The van der Waals surface area contributed by atoms with Crippen LogP contribution in [0.25, 0.3) is 10.9 Å². The summed E-state index contributed by atoms with van der Waals surface area (Å²) < 4.78 is 1.71. The van der Waals surface area contributed by atoms with Gasteiger partial charge >= 0.3 is 0 Å². The molecule has 2 aromatic rings. The van der Waals surface area contributed by atoms with Gasteiger partial charge in [0.05, 0.1) is 10.4 Å². The number of nitrogens with zero attached hydrogens (tertiary/aromatic N) is 1. The monoisotopic (exact) mass is 257 g/mol. The zero-order valence-corrected chi connectivity index (χ0v) is 8.84.